The Hall–Kier alpha value is -1.99. The second-order valence-electron chi connectivity index (χ2n) is 2.44. The average molecular weight is 220 g/mol. The fraction of sp³-hybridized carbons (Fsp3) is 0.143. The molecule has 0 saturated carbocycles. The number of carbonyl (C=O) groups is 1. The van der Waals surface area contributed by atoms with E-state index in [0.717, 1.165) is 0 Å². The molecule has 0 aliphatic heterocycles. The first-order valence-electron chi connectivity index (χ1n) is 3.55. The van der Waals surface area contributed by atoms with Crippen LogP contribution in [0.4, 0.5) is 18.9 Å². The molecule has 0 saturated heterocycles. The quantitative estimate of drug-likeness (QED) is 0.337. The maximum atomic E-state index is 12.8. The van der Waals surface area contributed by atoms with Crippen molar-refractivity contribution in [2.45, 2.75) is 6.43 Å². The van der Waals surface area contributed by atoms with Gasteiger partial charge in [-0.15, -0.1) is 0 Å². The molecule has 0 fully saturated rings. The van der Waals surface area contributed by atoms with Crippen LogP contribution in [0.5, 0.6) is 0 Å². The van der Waals surface area contributed by atoms with E-state index in [1.54, 1.807) is 0 Å². The molecule has 80 valence electrons. The third-order valence-electron chi connectivity index (χ3n) is 1.60. The number of carbonyl (C=O) groups excluding carboxylic acids is 1. The van der Waals surface area contributed by atoms with Gasteiger partial charge in [0.05, 0.1) is 4.92 Å². The molecule has 1 heterocycles. The highest BCUT2D eigenvalue weighted by atomic mass is 19.3. The van der Waals surface area contributed by atoms with Crippen LogP contribution in [0.2, 0.25) is 0 Å². The van der Waals surface area contributed by atoms with E-state index >= 15 is 0 Å². The molecule has 8 heteroatoms. The summed E-state index contributed by atoms with van der Waals surface area (Å²) < 4.78 is 37.3. The highest BCUT2D eigenvalue weighted by molar-refractivity contribution is 5.82. The molecule has 0 spiro atoms. The van der Waals surface area contributed by atoms with Gasteiger partial charge in [-0.2, -0.15) is 4.39 Å². The minimum atomic E-state index is -3.20. The van der Waals surface area contributed by atoms with Crippen LogP contribution in [0, 0.1) is 16.1 Å². The van der Waals surface area contributed by atoms with E-state index < -0.39 is 34.1 Å². The summed E-state index contributed by atoms with van der Waals surface area (Å²) in [5.41, 5.74) is -3.39. The second-order valence-corrected chi connectivity index (χ2v) is 2.44. The zero-order valence-electron chi connectivity index (χ0n) is 6.99. The van der Waals surface area contributed by atoms with E-state index in [0.29, 0.717) is 6.20 Å². The van der Waals surface area contributed by atoms with Gasteiger partial charge >= 0.3 is 0 Å². The fourth-order valence-electron chi connectivity index (χ4n) is 0.978. The van der Waals surface area contributed by atoms with Crippen molar-refractivity contribution >= 4 is 12.0 Å². The van der Waals surface area contributed by atoms with Gasteiger partial charge in [0.15, 0.2) is 6.29 Å². The zero-order valence-corrected chi connectivity index (χ0v) is 6.99. The molecule has 0 aliphatic rings. The van der Waals surface area contributed by atoms with Gasteiger partial charge in [-0.1, -0.05) is 0 Å². The number of pyridine rings is 1. The lowest BCUT2D eigenvalue weighted by Crippen LogP contribution is -2.05. The summed E-state index contributed by atoms with van der Waals surface area (Å²) in [6, 6.07) is 0. The summed E-state index contributed by atoms with van der Waals surface area (Å²) in [5, 5.41) is 10.4. The number of nitro groups is 1. The van der Waals surface area contributed by atoms with Crippen molar-refractivity contribution < 1.29 is 22.9 Å². The van der Waals surface area contributed by atoms with Crippen molar-refractivity contribution in [1.82, 2.24) is 4.98 Å². The Morgan fingerprint density at radius 2 is 2.13 bits per heavy atom. The normalized spacial score (nSPS) is 10.4. The Balaban J connectivity index is 3.56. The standard InChI is InChI=1S/C7H3F3N2O3/c8-6(9)3-1-11-7(10)4(2-13)5(3)12(14)15/h1-2,6H. The van der Waals surface area contributed by atoms with Gasteiger partial charge < -0.3 is 0 Å². The number of hydrogen-bond acceptors (Lipinski definition) is 4. The Morgan fingerprint density at radius 1 is 1.53 bits per heavy atom. The molecule has 15 heavy (non-hydrogen) atoms. The van der Waals surface area contributed by atoms with Gasteiger partial charge in [0, 0.05) is 6.20 Å². The SMILES string of the molecule is O=Cc1c(F)ncc(C(F)F)c1[N+](=O)[O-]. The average Bonchev–Trinajstić information content (AvgIpc) is 2.16. The Kier molecular flexibility index (Phi) is 2.98. The second kappa shape index (κ2) is 4.03. The maximum absolute atomic E-state index is 12.8. The van der Waals surface area contributed by atoms with Crippen molar-refractivity contribution in [3.8, 4) is 0 Å². The number of hydrogen-bond donors (Lipinski definition) is 0. The maximum Gasteiger partial charge on any atom is 0.294 e. The van der Waals surface area contributed by atoms with E-state index in [4.69, 9.17) is 0 Å². The van der Waals surface area contributed by atoms with Crippen LogP contribution in [-0.2, 0) is 0 Å². The minimum absolute atomic E-state index is 0.216. The van der Waals surface area contributed by atoms with Crippen LogP contribution in [0.1, 0.15) is 22.3 Å². The Labute approximate surface area is 80.7 Å². The van der Waals surface area contributed by atoms with Gasteiger partial charge in [-0.3, -0.25) is 14.9 Å². The minimum Gasteiger partial charge on any atom is -0.297 e. The van der Waals surface area contributed by atoms with Gasteiger partial charge in [0.2, 0.25) is 5.95 Å². The summed E-state index contributed by atoms with van der Waals surface area (Å²) >= 11 is 0. The van der Waals surface area contributed by atoms with E-state index in [1.165, 1.54) is 0 Å². The van der Waals surface area contributed by atoms with Crippen LogP contribution in [-0.4, -0.2) is 16.2 Å². The fourth-order valence-corrected chi connectivity index (χ4v) is 0.978. The third-order valence-corrected chi connectivity index (χ3v) is 1.60. The van der Waals surface area contributed by atoms with Gasteiger partial charge in [-0.25, -0.2) is 13.8 Å². The summed E-state index contributed by atoms with van der Waals surface area (Å²) in [7, 11) is 0. The topological polar surface area (TPSA) is 73.1 Å². The third kappa shape index (κ3) is 1.92. The molecule has 1 rings (SSSR count). The summed E-state index contributed by atoms with van der Waals surface area (Å²) in [5.74, 6) is -1.44. The Bertz CT molecular complexity index is 422. The molecular weight excluding hydrogens is 217 g/mol. The first kappa shape index (κ1) is 11.1. The van der Waals surface area contributed by atoms with E-state index in [1.807, 2.05) is 0 Å². The van der Waals surface area contributed by atoms with Gasteiger partial charge in [0.25, 0.3) is 12.1 Å². The molecule has 0 N–H and O–H groups in total. The molecule has 0 radical (unpaired) electrons. The van der Waals surface area contributed by atoms with Crippen LogP contribution in [0.25, 0.3) is 0 Å². The van der Waals surface area contributed by atoms with Crippen LogP contribution in [0.3, 0.4) is 0 Å². The first-order valence-corrected chi connectivity index (χ1v) is 3.55. The lowest BCUT2D eigenvalue weighted by molar-refractivity contribution is -0.386. The lowest BCUT2D eigenvalue weighted by atomic mass is 10.1. The number of aromatic nitrogens is 1. The number of aldehydes is 1. The smallest absolute Gasteiger partial charge is 0.294 e. The van der Waals surface area contributed by atoms with E-state index in [-0.39, 0.29) is 6.29 Å². The molecule has 0 unspecified atom stereocenters. The largest absolute Gasteiger partial charge is 0.297 e. The van der Waals surface area contributed by atoms with Crippen LogP contribution in [0.15, 0.2) is 6.20 Å². The molecule has 0 bridgehead atoms. The highest BCUT2D eigenvalue weighted by Crippen LogP contribution is 2.31. The predicted molar refractivity (Wildman–Crippen MR) is 41.2 cm³/mol. The van der Waals surface area contributed by atoms with Crippen molar-refractivity contribution in [2.24, 2.45) is 0 Å². The molecular formula is C7H3F3N2O3. The van der Waals surface area contributed by atoms with Crippen LogP contribution >= 0.6 is 0 Å². The number of alkyl halides is 2. The van der Waals surface area contributed by atoms with Crippen molar-refractivity contribution in [2.75, 3.05) is 0 Å². The molecule has 0 aromatic carbocycles. The van der Waals surface area contributed by atoms with Gasteiger partial charge in [-0.05, 0) is 0 Å². The first-order chi connectivity index (χ1) is 6.99. The highest BCUT2D eigenvalue weighted by Gasteiger charge is 2.29. The number of rotatable bonds is 3. The summed E-state index contributed by atoms with van der Waals surface area (Å²) in [4.78, 5) is 22.3. The van der Waals surface area contributed by atoms with Crippen LogP contribution < -0.4 is 0 Å². The molecule has 5 nitrogen and oxygen atoms in total. The molecule has 0 amide bonds. The predicted octanol–water partition coefficient (Wildman–Crippen LogP) is 1.88. The van der Waals surface area contributed by atoms with E-state index in [9.17, 15) is 28.1 Å². The van der Waals surface area contributed by atoms with E-state index in [2.05, 4.69) is 4.98 Å². The molecule has 0 atom stereocenters. The molecule has 1 aromatic rings. The monoisotopic (exact) mass is 220 g/mol. The molecule has 1 aromatic heterocycles. The number of halogens is 3. The summed E-state index contributed by atoms with van der Waals surface area (Å²) in [6.07, 6.45) is -3.07. The zero-order chi connectivity index (χ0) is 11.6. The van der Waals surface area contributed by atoms with Crippen molar-refractivity contribution in [3.63, 3.8) is 0 Å². The number of nitrogens with zero attached hydrogens (tertiary/aromatic N) is 2. The van der Waals surface area contributed by atoms with Crippen molar-refractivity contribution in [3.05, 3.63) is 33.4 Å². The summed E-state index contributed by atoms with van der Waals surface area (Å²) in [6.45, 7) is 0. The Morgan fingerprint density at radius 3 is 2.53 bits per heavy atom. The van der Waals surface area contributed by atoms with Crippen molar-refractivity contribution in [1.29, 1.82) is 0 Å². The molecule has 0 aliphatic carbocycles. The van der Waals surface area contributed by atoms with Gasteiger partial charge in [0.1, 0.15) is 11.1 Å². The lowest BCUT2D eigenvalue weighted by Gasteiger charge is -2.03.